The molecule has 16 heavy (non-hydrogen) atoms. The molecule has 2 heterocycles. The van der Waals surface area contributed by atoms with Gasteiger partial charge < -0.3 is 4.74 Å². The summed E-state index contributed by atoms with van der Waals surface area (Å²) < 4.78 is 7.05. The molecule has 2 rings (SSSR count). The maximum atomic E-state index is 12.3. The Bertz CT molecular complexity index is 403. The van der Waals surface area contributed by atoms with Crippen LogP contribution in [-0.2, 0) is 11.3 Å². The molecule has 1 saturated heterocycles. The zero-order valence-corrected chi connectivity index (χ0v) is 10.2. The average molecular weight is 243 g/mol. The molecule has 2 atom stereocenters. The molecule has 4 nitrogen and oxygen atoms in total. The molecule has 0 amide bonds. The number of aromatic nitrogens is 2. The molecule has 0 aromatic carbocycles. The molecular weight excluding hydrogens is 228 g/mol. The highest BCUT2D eigenvalue weighted by molar-refractivity contribution is 6.33. The van der Waals surface area contributed by atoms with Crippen molar-refractivity contribution in [1.29, 1.82) is 0 Å². The van der Waals surface area contributed by atoms with Crippen molar-refractivity contribution in [2.75, 3.05) is 6.61 Å². The van der Waals surface area contributed by atoms with Crippen LogP contribution in [-0.4, -0.2) is 28.3 Å². The molecule has 0 bridgehead atoms. The molecule has 1 aromatic rings. The molecule has 0 N–H and O–H groups in total. The van der Waals surface area contributed by atoms with E-state index in [4.69, 9.17) is 16.3 Å². The summed E-state index contributed by atoms with van der Waals surface area (Å²) >= 11 is 6.00. The van der Waals surface area contributed by atoms with Gasteiger partial charge in [0.1, 0.15) is 5.69 Å². The van der Waals surface area contributed by atoms with Gasteiger partial charge in [-0.25, -0.2) is 0 Å². The zero-order chi connectivity index (χ0) is 11.7. The van der Waals surface area contributed by atoms with Crippen molar-refractivity contribution in [2.45, 2.75) is 32.9 Å². The Morgan fingerprint density at radius 3 is 3.06 bits per heavy atom. The first kappa shape index (κ1) is 11.6. The molecule has 0 spiro atoms. The second kappa shape index (κ2) is 4.55. The van der Waals surface area contributed by atoms with Gasteiger partial charge >= 0.3 is 0 Å². The van der Waals surface area contributed by atoms with Gasteiger partial charge in [0.15, 0.2) is 5.78 Å². The van der Waals surface area contributed by atoms with Crippen LogP contribution in [0.25, 0.3) is 0 Å². The molecule has 1 aromatic heterocycles. The lowest BCUT2D eigenvalue weighted by Gasteiger charge is -2.13. The third kappa shape index (κ3) is 1.87. The number of aryl methyl sites for hydroxylation is 1. The van der Waals surface area contributed by atoms with Crippen LogP contribution in [0.1, 0.15) is 30.8 Å². The second-order valence-corrected chi connectivity index (χ2v) is 4.40. The molecule has 88 valence electrons. The molecule has 1 aliphatic rings. The van der Waals surface area contributed by atoms with Crippen LogP contribution in [0.5, 0.6) is 0 Å². The van der Waals surface area contributed by atoms with E-state index in [1.54, 1.807) is 4.68 Å². The van der Waals surface area contributed by atoms with E-state index in [-0.39, 0.29) is 17.8 Å². The third-order valence-corrected chi connectivity index (χ3v) is 3.32. The predicted octanol–water partition coefficient (Wildman–Crippen LogP) is 2.16. The Morgan fingerprint density at radius 2 is 2.50 bits per heavy atom. The van der Waals surface area contributed by atoms with Crippen LogP contribution in [0.4, 0.5) is 0 Å². The van der Waals surface area contributed by atoms with Gasteiger partial charge in [-0.05, 0) is 20.3 Å². The lowest BCUT2D eigenvalue weighted by molar-refractivity contribution is 0.0755. The maximum absolute atomic E-state index is 12.3. The Hall–Kier alpha value is -0.870. The van der Waals surface area contributed by atoms with E-state index in [9.17, 15) is 4.79 Å². The van der Waals surface area contributed by atoms with Crippen molar-refractivity contribution < 1.29 is 9.53 Å². The molecular formula is C11H15ClN2O2. The van der Waals surface area contributed by atoms with E-state index in [0.29, 0.717) is 23.9 Å². The van der Waals surface area contributed by atoms with Crippen molar-refractivity contribution in [2.24, 2.45) is 5.92 Å². The van der Waals surface area contributed by atoms with Crippen LogP contribution in [0.2, 0.25) is 5.02 Å². The van der Waals surface area contributed by atoms with E-state index in [0.717, 1.165) is 6.42 Å². The highest BCUT2D eigenvalue weighted by atomic mass is 35.5. The number of hydrogen-bond acceptors (Lipinski definition) is 3. The fourth-order valence-electron chi connectivity index (χ4n) is 2.10. The van der Waals surface area contributed by atoms with Crippen molar-refractivity contribution in [3.8, 4) is 0 Å². The Labute approximate surface area is 99.5 Å². The van der Waals surface area contributed by atoms with E-state index in [1.165, 1.54) is 6.20 Å². The zero-order valence-electron chi connectivity index (χ0n) is 9.44. The first-order chi connectivity index (χ1) is 7.65. The number of hydrogen-bond donors (Lipinski definition) is 0. The van der Waals surface area contributed by atoms with Crippen LogP contribution in [0.3, 0.4) is 0 Å². The summed E-state index contributed by atoms with van der Waals surface area (Å²) in [6.07, 6.45) is 2.27. The third-order valence-electron chi connectivity index (χ3n) is 3.04. The number of carbonyl (C=O) groups excluding carboxylic acids is 1. The van der Waals surface area contributed by atoms with Gasteiger partial charge in [-0.1, -0.05) is 11.6 Å². The van der Waals surface area contributed by atoms with Gasteiger partial charge in [-0.15, -0.1) is 0 Å². The minimum absolute atomic E-state index is 0.0243. The van der Waals surface area contributed by atoms with Gasteiger partial charge in [-0.2, -0.15) is 5.10 Å². The van der Waals surface area contributed by atoms with Crippen LogP contribution in [0, 0.1) is 5.92 Å². The van der Waals surface area contributed by atoms with Crippen molar-refractivity contribution in [1.82, 2.24) is 9.78 Å². The lowest BCUT2D eigenvalue weighted by Crippen LogP contribution is -2.24. The fourth-order valence-corrected chi connectivity index (χ4v) is 2.33. The Morgan fingerprint density at radius 1 is 1.75 bits per heavy atom. The lowest BCUT2D eigenvalue weighted by atomic mass is 9.95. The standard InChI is InChI=1S/C11H15ClN2O2/c1-3-14-10(9(12)6-13-14)11(15)8-4-5-16-7(8)2/h6-8H,3-5H2,1-2H3. The predicted molar refractivity (Wildman–Crippen MR) is 60.8 cm³/mol. The summed E-state index contributed by atoms with van der Waals surface area (Å²) in [7, 11) is 0. The molecule has 1 fully saturated rings. The average Bonchev–Trinajstić information content (AvgIpc) is 2.83. The van der Waals surface area contributed by atoms with Gasteiger partial charge in [0, 0.05) is 13.2 Å². The Kier molecular flexibility index (Phi) is 3.30. The SMILES string of the molecule is CCn1ncc(Cl)c1C(=O)C1CCOC1C. The number of ketones is 1. The molecule has 0 saturated carbocycles. The number of carbonyl (C=O) groups is 1. The molecule has 0 radical (unpaired) electrons. The quantitative estimate of drug-likeness (QED) is 0.763. The van der Waals surface area contributed by atoms with Crippen molar-refractivity contribution in [3.05, 3.63) is 16.9 Å². The molecule has 0 aliphatic carbocycles. The smallest absolute Gasteiger partial charge is 0.188 e. The van der Waals surface area contributed by atoms with E-state index in [2.05, 4.69) is 5.10 Å². The number of Topliss-reactive ketones (excluding diaryl/α,β-unsaturated/α-hetero) is 1. The van der Waals surface area contributed by atoms with Gasteiger partial charge in [0.25, 0.3) is 0 Å². The summed E-state index contributed by atoms with van der Waals surface area (Å²) in [5.41, 5.74) is 0.520. The molecule has 1 aliphatic heterocycles. The first-order valence-corrected chi connectivity index (χ1v) is 5.90. The number of halogens is 1. The van der Waals surface area contributed by atoms with E-state index < -0.39 is 0 Å². The van der Waals surface area contributed by atoms with Gasteiger partial charge in [-0.3, -0.25) is 9.48 Å². The van der Waals surface area contributed by atoms with Crippen LogP contribution < -0.4 is 0 Å². The summed E-state index contributed by atoms with van der Waals surface area (Å²) in [6, 6.07) is 0. The highest BCUT2D eigenvalue weighted by Crippen LogP contribution is 2.27. The number of nitrogens with zero attached hydrogens (tertiary/aromatic N) is 2. The minimum atomic E-state index is -0.0838. The molecule has 5 heteroatoms. The van der Waals surface area contributed by atoms with Crippen LogP contribution >= 0.6 is 11.6 Å². The first-order valence-electron chi connectivity index (χ1n) is 5.52. The monoisotopic (exact) mass is 242 g/mol. The summed E-state index contributed by atoms with van der Waals surface area (Å²) in [4.78, 5) is 12.3. The topological polar surface area (TPSA) is 44.1 Å². The summed E-state index contributed by atoms with van der Waals surface area (Å²) in [6.45, 7) is 5.16. The van der Waals surface area contributed by atoms with Crippen LogP contribution in [0.15, 0.2) is 6.20 Å². The molecule has 2 unspecified atom stereocenters. The normalized spacial score (nSPS) is 24.9. The Balaban J connectivity index is 2.29. The van der Waals surface area contributed by atoms with E-state index in [1.807, 2.05) is 13.8 Å². The van der Waals surface area contributed by atoms with Gasteiger partial charge in [0.05, 0.1) is 23.2 Å². The van der Waals surface area contributed by atoms with Gasteiger partial charge in [0.2, 0.25) is 0 Å². The number of rotatable bonds is 3. The second-order valence-electron chi connectivity index (χ2n) is 3.99. The van der Waals surface area contributed by atoms with Crippen molar-refractivity contribution in [3.63, 3.8) is 0 Å². The minimum Gasteiger partial charge on any atom is -0.378 e. The maximum Gasteiger partial charge on any atom is 0.188 e. The van der Waals surface area contributed by atoms with E-state index >= 15 is 0 Å². The highest BCUT2D eigenvalue weighted by Gasteiger charge is 2.34. The largest absolute Gasteiger partial charge is 0.378 e. The fraction of sp³-hybridized carbons (Fsp3) is 0.636. The number of ether oxygens (including phenoxy) is 1. The summed E-state index contributed by atoms with van der Waals surface area (Å²) in [5.74, 6) is -0.0335. The van der Waals surface area contributed by atoms with Crippen molar-refractivity contribution >= 4 is 17.4 Å². The summed E-state index contributed by atoms with van der Waals surface area (Å²) in [5, 5.41) is 4.51.